The van der Waals surface area contributed by atoms with E-state index in [1.54, 1.807) is 0 Å². The summed E-state index contributed by atoms with van der Waals surface area (Å²) in [5.74, 6) is 0. The molecule has 3 heterocycles. The number of ether oxygens (including phenoxy) is 1. The van der Waals surface area contributed by atoms with Gasteiger partial charge in [0.25, 0.3) is 0 Å². The molecule has 0 aromatic heterocycles. The number of likely N-dealkylation sites (N-methyl/N-ethyl adjacent to an activating group) is 1. The van der Waals surface area contributed by atoms with Crippen molar-refractivity contribution in [2.75, 3.05) is 13.6 Å². The second-order valence-electron chi connectivity index (χ2n) is 5.60. The fourth-order valence-electron chi connectivity index (χ4n) is 3.43. The molecule has 5 unspecified atom stereocenters. The largest absolute Gasteiger partial charge is 0.373 e. The van der Waals surface area contributed by atoms with E-state index in [1.165, 1.54) is 32.2 Å². The zero-order chi connectivity index (χ0) is 10.4. The Morgan fingerprint density at radius 1 is 1.27 bits per heavy atom. The fourth-order valence-corrected chi connectivity index (χ4v) is 3.43. The summed E-state index contributed by atoms with van der Waals surface area (Å²) in [5.41, 5.74) is 0. The van der Waals surface area contributed by atoms with Crippen LogP contribution in [0.5, 0.6) is 0 Å². The van der Waals surface area contributed by atoms with Crippen LogP contribution in [0.15, 0.2) is 0 Å². The zero-order valence-corrected chi connectivity index (χ0v) is 9.78. The third kappa shape index (κ3) is 1.81. The van der Waals surface area contributed by atoms with Crippen LogP contribution in [-0.4, -0.2) is 48.8 Å². The Morgan fingerprint density at radius 2 is 2.13 bits per heavy atom. The molecule has 0 aromatic rings. The lowest BCUT2D eigenvalue weighted by atomic mass is 9.94. The number of nitrogens with one attached hydrogen (secondary N) is 1. The molecule has 0 spiro atoms. The molecule has 3 nitrogen and oxygen atoms in total. The molecule has 0 aliphatic carbocycles. The van der Waals surface area contributed by atoms with Gasteiger partial charge in [0.05, 0.1) is 12.2 Å². The average molecular weight is 210 g/mol. The van der Waals surface area contributed by atoms with Crippen LogP contribution in [-0.2, 0) is 4.74 Å². The van der Waals surface area contributed by atoms with Crippen LogP contribution in [0.2, 0.25) is 0 Å². The highest BCUT2D eigenvalue weighted by Gasteiger charge is 2.42. The number of hydrogen-bond acceptors (Lipinski definition) is 3. The third-order valence-electron chi connectivity index (χ3n) is 4.44. The Hall–Kier alpha value is -0.120. The summed E-state index contributed by atoms with van der Waals surface area (Å²) in [4.78, 5) is 2.45. The number of hydrogen-bond donors (Lipinski definition) is 1. The van der Waals surface area contributed by atoms with Crippen molar-refractivity contribution in [2.24, 2.45) is 0 Å². The molecule has 3 saturated heterocycles. The minimum absolute atomic E-state index is 0.524. The van der Waals surface area contributed by atoms with Gasteiger partial charge in [0, 0.05) is 24.7 Å². The minimum atomic E-state index is 0.524. The molecule has 3 aliphatic rings. The first-order valence-electron chi connectivity index (χ1n) is 6.34. The lowest BCUT2D eigenvalue weighted by Crippen LogP contribution is -2.44. The van der Waals surface area contributed by atoms with Gasteiger partial charge in [-0.05, 0) is 39.7 Å². The third-order valence-corrected chi connectivity index (χ3v) is 4.44. The van der Waals surface area contributed by atoms with Crippen LogP contribution in [0.25, 0.3) is 0 Å². The molecule has 3 heteroatoms. The number of nitrogens with zero attached hydrogens (tertiary/aromatic N) is 1. The summed E-state index contributed by atoms with van der Waals surface area (Å²) in [7, 11) is 2.23. The summed E-state index contributed by atoms with van der Waals surface area (Å²) in [6.07, 6.45) is 6.22. The number of likely N-dealkylation sites (tertiary alicyclic amines) is 1. The molecule has 0 saturated carbocycles. The van der Waals surface area contributed by atoms with Gasteiger partial charge in [0.1, 0.15) is 0 Å². The van der Waals surface area contributed by atoms with E-state index in [-0.39, 0.29) is 0 Å². The molecule has 2 bridgehead atoms. The van der Waals surface area contributed by atoms with Crippen LogP contribution < -0.4 is 5.32 Å². The van der Waals surface area contributed by atoms with E-state index in [4.69, 9.17) is 4.74 Å². The van der Waals surface area contributed by atoms with Crippen molar-refractivity contribution in [3.05, 3.63) is 0 Å². The molecular weight excluding hydrogens is 188 g/mol. The van der Waals surface area contributed by atoms with Gasteiger partial charge in [-0.2, -0.15) is 0 Å². The maximum atomic E-state index is 5.87. The van der Waals surface area contributed by atoms with E-state index in [0.717, 1.165) is 6.04 Å². The Morgan fingerprint density at radius 3 is 2.67 bits per heavy atom. The van der Waals surface area contributed by atoms with Gasteiger partial charge in [0.15, 0.2) is 0 Å². The normalized spacial score (nSPS) is 50.4. The van der Waals surface area contributed by atoms with Crippen molar-refractivity contribution in [1.29, 1.82) is 0 Å². The van der Waals surface area contributed by atoms with Crippen molar-refractivity contribution >= 4 is 0 Å². The minimum Gasteiger partial charge on any atom is -0.373 e. The molecule has 0 radical (unpaired) electrons. The second-order valence-corrected chi connectivity index (χ2v) is 5.60. The maximum absolute atomic E-state index is 5.87. The summed E-state index contributed by atoms with van der Waals surface area (Å²) in [6.45, 7) is 3.52. The lowest BCUT2D eigenvalue weighted by molar-refractivity contribution is 0.0961. The summed E-state index contributed by atoms with van der Waals surface area (Å²) >= 11 is 0. The highest BCUT2D eigenvalue weighted by atomic mass is 16.5. The molecular formula is C12H22N2O. The van der Waals surface area contributed by atoms with Gasteiger partial charge in [-0.15, -0.1) is 0 Å². The molecule has 15 heavy (non-hydrogen) atoms. The van der Waals surface area contributed by atoms with Crippen LogP contribution in [0.4, 0.5) is 0 Å². The quantitative estimate of drug-likeness (QED) is 0.735. The molecule has 5 atom stereocenters. The van der Waals surface area contributed by atoms with Crippen molar-refractivity contribution < 1.29 is 4.74 Å². The molecule has 3 rings (SSSR count). The van der Waals surface area contributed by atoms with Gasteiger partial charge in [-0.1, -0.05) is 0 Å². The van der Waals surface area contributed by atoms with E-state index in [2.05, 4.69) is 24.2 Å². The Labute approximate surface area is 92.2 Å². The van der Waals surface area contributed by atoms with Crippen LogP contribution in [0.3, 0.4) is 0 Å². The first-order chi connectivity index (χ1) is 7.22. The number of fused-ring (bicyclic) bond motifs is 2. The Kier molecular flexibility index (Phi) is 2.49. The fraction of sp³-hybridized carbons (Fsp3) is 1.00. The maximum Gasteiger partial charge on any atom is 0.0733 e. The van der Waals surface area contributed by atoms with E-state index in [9.17, 15) is 0 Å². The molecule has 3 aliphatic heterocycles. The smallest absolute Gasteiger partial charge is 0.0733 e. The van der Waals surface area contributed by atoms with E-state index < -0.39 is 0 Å². The van der Waals surface area contributed by atoms with E-state index >= 15 is 0 Å². The predicted molar refractivity (Wildman–Crippen MR) is 59.9 cm³/mol. The van der Waals surface area contributed by atoms with Gasteiger partial charge < -0.3 is 15.0 Å². The predicted octanol–water partition coefficient (Wildman–Crippen LogP) is 0.988. The SMILES string of the molecule is CC1CC(NC2CC3CCC2O3)CN1C. The number of rotatable bonds is 2. The lowest BCUT2D eigenvalue weighted by Gasteiger charge is -2.24. The average Bonchev–Trinajstić information content (AvgIpc) is 2.84. The molecule has 86 valence electrons. The second kappa shape index (κ2) is 3.72. The topological polar surface area (TPSA) is 24.5 Å². The standard InChI is InChI=1S/C12H22N2O/c1-8-5-9(7-14(8)2)13-11-6-10-3-4-12(11)15-10/h8-13H,3-7H2,1-2H3. The van der Waals surface area contributed by atoms with Crippen LogP contribution in [0.1, 0.15) is 32.6 Å². The molecule has 0 amide bonds. The first kappa shape index (κ1) is 10.1. The highest BCUT2D eigenvalue weighted by Crippen LogP contribution is 2.35. The highest BCUT2D eigenvalue weighted by molar-refractivity contribution is 4.97. The van der Waals surface area contributed by atoms with Gasteiger partial charge in [-0.3, -0.25) is 0 Å². The van der Waals surface area contributed by atoms with Crippen LogP contribution >= 0.6 is 0 Å². The summed E-state index contributed by atoms with van der Waals surface area (Å²) < 4.78 is 5.87. The van der Waals surface area contributed by atoms with Gasteiger partial charge >= 0.3 is 0 Å². The van der Waals surface area contributed by atoms with Gasteiger partial charge in [0.2, 0.25) is 0 Å². The Balaban J connectivity index is 1.54. The van der Waals surface area contributed by atoms with Crippen molar-refractivity contribution in [2.45, 2.75) is 62.9 Å². The zero-order valence-electron chi connectivity index (χ0n) is 9.78. The monoisotopic (exact) mass is 210 g/mol. The summed E-state index contributed by atoms with van der Waals surface area (Å²) in [5, 5.41) is 3.80. The van der Waals surface area contributed by atoms with Crippen LogP contribution in [0, 0.1) is 0 Å². The summed E-state index contributed by atoms with van der Waals surface area (Å²) in [6, 6.07) is 2.08. The molecule has 1 N–H and O–H groups in total. The van der Waals surface area contributed by atoms with E-state index in [1.807, 2.05) is 0 Å². The Bertz CT molecular complexity index is 236. The molecule has 3 fully saturated rings. The van der Waals surface area contributed by atoms with Crippen molar-refractivity contribution in [1.82, 2.24) is 10.2 Å². The molecule has 0 aromatic carbocycles. The van der Waals surface area contributed by atoms with Gasteiger partial charge in [-0.25, -0.2) is 0 Å². The van der Waals surface area contributed by atoms with Crippen molar-refractivity contribution in [3.63, 3.8) is 0 Å². The van der Waals surface area contributed by atoms with E-state index in [0.29, 0.717) is 24.3 Å². The van der Waals surface area contributed by atoms with Crippen molar-refractivity contribution in [3.8, 4) is 0 Å². The first-order valence-corrected chi connectivity index (χ1v) is 6.34.